The zero-order valence-corrected chi connectivity index (χ0v) is 12.7. The van der Waals surface area contributed by atoms with Gasteiger partial charge in [0.2, 0.25) is 5.28 Å². The van der Waals surface area contributed by atoms with Crippen molar-refractivity contribution in [3.05, 3.63) is 23.4 Å². The summed E-state index contributed by atoms with van der Waals surface area (Å²) in [5.41, 5.74) is 8.36. The first-order valence-electron chi connectivity index (χ1n) is 6.27. The third-order valence-corrected chi connectivity index (χ3v) is 2.82. The van der Waals surface area contributed by atoms with Crippen molar-refractivity contribution in [2.75, 3.05) is 0 Å². The molecule has 0 saturated carbocycles. The van der Waals surface area contributed by atoms with Crippen molar-refractivity contribution in [1.29, 1.82) is 0 Å². The Morgan fingerprint density at radius 2 is 2.10 bits per heavy atom. The molecule has 0 aliphatic heterocycles. The largest absolute Gasteiger partial charge is 0.402 e. The summed E-state index contributed by atoms with van der Waals surface area (Å²) in [5, 5.41) is 0.153. The first kappa shape index (κ1) is 14.5. The number of hydrogen-bond donors (Lipinski definition) is 1. The molecule has 0 unspecified atom stereocenters. The third kappa shape index (κ3) is 2.96. The first-order valence-corrected chi connectivity index (χ1v) is 6.65. The summed E-state index contributed by atoms with van der Waals surface area (Å²) in [6.45, 7) is 7.74. The molecule has 2 rings (SSSR count). The average molecular weight is 293 g/mol. The Hall–Kier alpha value is -1.95. The van der Waals surface area contributed by atoms with Gasteiger partial charge in [-0.05, 0) is 45.4 Å². The van der Waals surface area contributed by atoms with Crippen LogP contribution in [0.2, 0.25) is 5.28 Å². The molecule has 20 heavy (non-hydrogen) atoms. The van der Waals surface area contributed by atoms with Crippen LogP contribution in [0.1, 0.15) is 33.7 Å². The van der Waals surface area contributed by atoms with E-state index in [4.69, 9.17) is 17.3 Å². The molecule has 2 aromatic heterocycles. The van der Waals surface area contributed by atoms with Crippen molar-refractivity contribution in [2.24, 2.45) is 10.7 Å². The first-order chi connectivity index (χ1) is 9.38. The second kappa shape index (κ2) is 5.58. The van der Waals surface area contributed by atoms with Gasteiger partial charge in [-0.25, -0.2) is 9.98 Å². The fraction of sp³-hybridized carbons (Fsp3) is 0.385. The Kier molecular flexibility index (Phi) is 4.04. The van der Waals surface area contributed by atoms with Gasteiger partial charge in [0.05, 0.1) is 6.33 Å². The average Bonchev–Trinajstić information content (AvgIpc) is 2.71. The molecule has 7 heteroatoms. The van der Waals surface area contributed by atoms with E-state index in [0.29, 0.717) is 22.7 Å². The number of allylic oxidation sites excluding steroid dienone is 2. The molecule has 0 radical (unpaired) electrons. The number of aliphatic imine (C=N–C) groups is 1. The number of fused-ring (bicyclic) bond motifs is 1. The Labute approximate surface area is 122 Å². The van der Waals surface area contributed by atoms with Crippen molar-refractivity contribution in [2.45, 2.75) is 33.7 Å². The number of nitrogens with two attached hydrogens (primary N) is 1. The van der Waals surface area contributed by atoms with E-state index < -0.39 is 0 Å². The fourth-order valence-electron chi connectivity index (χ4n) is 1.86. The van der Waals surface area contributed by atoms with Gasteiger partial charge in [0.1, 0.15) is 0 Å². The van der Waals surface area contributed by atoms with Gasteiger partial charge >= 0.3 is 0 Å². The lowest BCUT2D eigenvalue weighted by atomic mass is 10.3. The predicted molar refractivity (Wildman–Crippen MR) is 81.4 cm³/mol. The molecular formula is C13H17ClN6. The van der Waals surface area contributed by atoms with Crippen molar-refractivity contribution in [3.8, 4) is 0 Å². The Bertz CT molecular complexity index is 694. The van der Waals surface area contributed by atoms with Crippen LogP contribution in [0, 0.1) is 0 Å². The van der Waals surface area contributed by atoms with E-state index in [1.54, 1.807) is 19.3 Å². The van der Waals surface area contributed by atoms with Crippen molar-refractivity contribution in [1.82, 2.24) is 19.5 Å². The van der Waals surface area contributed by atoms with Gasteiger partial charge in [-0.3, -0.25) is 0 Å². The summed E-state index contributed by atoms with van der Waals surface area (Å²) < 4.78 is 1.93. The van der Waals surface area contributed by atoms with Gasteiger partial charge in [0.15, 0.2) is 17.0 Å². The highest BCUT2D eigenvalue weighted by molar-refractivity contribution is 6.28. The lowest BCUT2D eigenvalue weighted by Gasteiger charge is -2.07. The molecule has 0 fully saturated rings. The molecule has 0 aromatic carbocycles. The molecule has 0 aliphatic carbocycles. The van der Waals surface area contributed by atoms with Crippen LogP contribution in [-0.2, 0) is 0 Å². The van der Waals surface area contributed by atoms with Gasteiger partial charge in [-0.1, -0.05) is 0 Å². The van der Waals surface area contributed by atoms with Gasteiger partial charge in [0, 0.05) is 17.5 Å². The predicted octanol–water partition coefficient (Wildman–Crippen LogP) is 3.02. The summed E-state index contributed by atoms with van der Waals surface area (Å²) in [6, 6.07) is 0.232. The second-order valence-corrected chi connectivity index (χ2v) is 5.21. The van der Waals surface area contributed by atoms with E-state index in [1.165, 1.54) is 0 Å². The number of nitrogens with zero attached hydrogens (tertiary/aromatic N) is 5. The normalized spacial score (nSPS) is 13.5. The highest BCUT2D eigenvalue weighted by Crippen LogP contribution is 2.25. The van der Waals surface area contributed by atoms with Gasteiger partial charge in [-0.15, -0.1) is 0 Å². The minimum atomic E-state index is 0.153. The molecule has 0 amide bonds. The Morgan fingerprint density at radius 3 is 2.70 bits per heavy atom. The lowest BCUT2D eigenvalue weighted by Crippen LogP contribution is -2.00. The standard InChI is InChI=1S/C13H17ClN6/c1-7(2)20-6-16-10-11(17-9(4)5-8(3)15)18-13(14)19-12(10)20/h5-7H,15H2,1-4H3. The molecule has 0 bridgehead atoms. The number of aromatic nitrogens is 4. The highest BCUT2D eigenvalue weighted by atomic mass is 35.5. The van der Waals surface area contributed by atoms with E-state index >= 15 is 0 Å². The molecule has 2 heterocycles. The number of halogens is 1. The summed E-state index contributed by atoms with van der Waals surface area (Å²) >= 11 is 5.97. The molecule has 2 aromatic rings. The van der Waals surface area contributed by atoms with E-state index in [2.05, 4.69) is 19.9 Å². The summed E-state index contributed by atoms with van der Waals surface area (Å²) in [4.78, 5) is 17.1. The van der Waals surface area contributed by atoms with Crippen LogP contribution >= 0.6 is 11.6 Å². The topological polar surface area (TPSA) is 82.0 Å². The minimum Gasteiger partial charge on any atom is -0.402 e. The second-order valence-electron chi connectivity index (χ2n) is 4.88. The maximum atomic E-state index is 5.97. The summed E-state index contributed by atoms with van der Waals surface area (Å²) in [6.07, 6.45) is 3.49. The van der Waals surface area contributed by atoms with E-state index in [1.807, 2.05) is 25.3 Å². The van der Waals surface area contributed by atoms with Crippen LogP contribution in [0.3, 0.4) is 0 Å². The number of imidazole rings is 1. The SMILES string of the molecule is CC(N)=CC(C)=Nc1nc(Cl)nc2c1ncn2C(C)C. The fourth-order valence-corrected chi connectivity index (χ4v) is 2.02. The van der Waals surface area contributed by atoms with E-state index in [0.717, 1.165) is 5.71 Å². The molecule has 0 aliphatic rings. The molecule has 2 N–H and O–H groups in total. The van der Waals surface area contributed by atoms with Crippen LogP contribution in [0.5, 0.6) is 0 Å². The molecule has 0 saturated heterocycles. The van der Waals surface area contributed by atoms with Crippen molar-refractivity contribution in [3.63, 3.8) is 0 Å². The number of rotatable bonds is 3. The van der Waals surface area contributed by atoms with Crippen molar-refractivity contribution < 1.29 is 0 Å². The lowest BCUT2D eigenvalue weighted by molar-refractivity contribution is 0.612. The van der Waals surface area contributed by atoms with Crippen LogP contribution in [-0.4, -0.2) is 25.2 Å². The molecule has 0 spiro atoms. The summed E-state index contributed by atoms with van der Waals surface area (Å²) in [7, 11) is 0. The van der Waals surface area contributed by atoms with Crippen LogP contribution < -0.4 is 5.73 Å². The molecule has 6 nitrogen and oxygen atoms in total. The van der Waals surface area contributed by atoms with Gasteiger partial charge in [-0.2, -0.15) is 9.97 Å². The third-order valence-electron chi connectivity index (χ3n) is 2.65. The van der Waals surface area contributed by atoms with Gasteiger partial charge in [0.25, 0.3) is 0 Å². The maximum Gasteiger partial charge on any atom is 0.226 e. The van der Waals surface area contributed by atoms with Crippen LogP contribution in [0.15, 0.2) is 23.1 Å². The minimum absolute atomic E-state index is 0.153. The summed E-state index contributed by atoms with van der Waals surface area (Å²) in [5.74, 6) is 0.453. The number of hydrogen-bond acceptors (Lipinski definition) is 5. The van der Waals surface area contributed by atoms with E-state index in [-0.39, 0.29) is 11.3 Å². The van der Waals surface area contributed by atoms with Crippen LogP contribution in [0.25, 0.3) is 11.2 Å². The quantitative estimate of drug-likeness (QED) is 0.696. The monoisotopic (exact) mass is 292 g/mol. The molecule has 106 valence electrons. The zero-order chi connectivity index (χ0) is 14.9. The van der Waals surface area contributed by atoms with Crippen molar-refractivity contribution >= 4 is 34.3 Å². The Morgan fingerprint density at radius 1 is 1.40 bits per heavy atom. The maximum absolute atomic E-state index is 5.97. The molecule has 0 atom stereocenters. The molecular weight excluding hydrogens is 276 g/mol. The zero-order valence-electron chi connectivity index (χ0n) is 11.9. The van der Waals surface area contributed by atoms with Gasteiger partial charge < -0.3 is 10.3 Å². The van der Waals surface area contributed by atoms with Crippen LogP contribution in [0.4, 0.5) is 5.82 Å². The smallest absolute Gasteiger partial charge is 0.226 e. The van der Waals surface area contributed by atoms with E-state index in [9.17, 15) is 0 Å². The highest BCUT2D eigenvalue weighted by Gasteiger charge is 2.13. The Balaban J connectivity index is 2.63.